The normalized spacial score (nSPS) is 18.5. The standard InChI is InChI=1S/C12H20N2S/c1-3-10-8-15-11(14-10)13-9-12(4-2)6-5-7-12/h8H,3-7,9H2,1-2H3,(H,13,14). The predicted molar refractivity (Wildman–Crippen MR) is 66.6 cm³/mol. The van der Waals surface area contributed by atoms with Crippen LogP contribution < -0.4 is 5.32 Å². The average Bonchev–Trinajstić information content (AvgIpc) is 2.65. The van der Waals surface area contributed by atoms with Crippen molar-refractivity contribution < 1.29 is 0 Å². The molecule has 1 aliphatic rings. The molecule has 0 unspecified atom stereocenters. The summed E-state index contributed by atoms with van der Waals surface area (Å²) >= 11 is 1.74. The lowest BCUT2D eigenvalue weighted by Gasteiger charge is -2.41. The highest BCUT2D eigenvalue weighted by Crippen LogP contribution is 2.43. The Balaban J connectivity index is 1.86. The van der Waals surface area contributed by atoms with Crippen molar-refractivity contribution in [1.82, 2.24) is 4.98 Å². The van der Waals surface area contributed by atoms with Crippen molar-refractivity contribution >= 4 is 16.5 Å². The molecule has 1 aromatic heterocycles. The number of aromatic nitrogens is 1. The Morgan fingerprint density at radius 2 is 2.27 bits per heavy atom. The fourth-order valence-electron chi connectivity index (χ4n) is 2.15. The third-order valence-corrected chi connectivity index (χ3v) is 4.54. The molecule has 3 heteroatoms. The van der Waals surface area contributed by atoms with Crippen LogP contribution >= 0.6 is 11.3 Å². The smallest absolute Gasteiger partial charge is 0.182 e. The third kappa shape index (κ3) is 2.33. The zero-order chi connectivity index (χ0) is 10.7. The topological polar surface area (TPSA) is 24.9 Å². The van der Waals surface area contributed by atoms with E-state index in [1.54, 1.807) is 11.3 Å². The summed E-state index contributed by atoms with van der Waals surface area (Å²) in [6.45, 7) is 5.57. The molecule has 0 spiro atoms. The van der Waals surface area contributed by atoms with Gasteiger partial charge in [-0.1, -0.05) is 20.3 Å². The molecule has 1 heterocycles. The van der Waals surface area contributed by atoms with Crippen molar-refractivity contribution in [2.75, 3.05) is 11.9 Å². The van der Waals surface area contributed by atoms with Crippen LogP contribution in [0.15, 0.2) is 5.38 Å². The first-order valence-corrected chi connectivity index (χ1v) is 6.84. The van der Waals surface area contributed by atoms with Crippen molar-refractivity contribution in [3.63, 3.8) is 0 Å². The van der Waals surface area contributed by atoms with Gasteiger partial charge >= 0.3 is 0 Å². The molecule has 0 amide bonds. The van der Waals surface area contributed by atoms with Gasteiger partial charge in [-0.3, -0.25) is 0 Å². The van der Waals surface area contributed by atoms with E-state index < -0.39 is 0 Å². The van der Waals surface area contributed by atoms with E-state index in [0.29, 0.717) is 5.41 Å². The maximum Gasteiger partial charge on any atom is 0.182 e. The van der Waals surface area contributed by atoms with Crippen molar-refractivity contribution in [2.24, 2.45) is 5.41 Å². The van der Waals surface area contributed by atoms with E-state index in [2.05, 4.69) is 29.5 Å². The molecule has 0 bridgehead atoms. The molecule has 84 valence electrons. The van der Waals surface area contributed by atoms with Gasteiger partial charge < -0.3 is 5.32 Å². The highest BCUT2D eigenvalue weighted by Gasteiger charge is 2.34. The third-order valence-electron chi connectivity index (χ3n) is 3.69. The lowest BCUT2D eigenvalue weighted by Crippen LogP contribution is -2.35. The highest BCUT2D eigenvalue weighted by molar-refractivity contribution is 7.13. The number of hydrogen-bond acceptors (Lipinski definition) is 3. The Bertz CT molecular complexity index is 310. The fraction of sp³-hybridized carbons (Fsp3) is 0.750. The van der Waals surface area contributed by atoms with E-state index in [0.717, 1.165) is 18.1 Å². The van der Waals surface area contributed by atoms with E-state index >= 15 is 0 Å². The van der Waals surface area contributed by atoms with E-state index in [4.69, 9.17) is 0 Å². The number of anilines is 1. The number of nitrogens with one attached hydrogen (secondary N) is 1. The van der Waals surface area contributed by atoms with E-state index in [9.17, 15) is 0 Å². The number of nitrogens with zero attached hydrogens (tertiary/aromatic N) is 1. The van der Waals surface area contributed by atoms with Crippen LogP contribution in [0.25, 0.3) is 0 Å². The summed E-state index contributed by atoms with van der Waals surface area (Å²) in [5, 5.41) is 6.76. The lowest BCUT2D eigenvalue weighted by atomic mass is 9.67. The van der Waals surface area contributed by atoms with Gasteiger partial charge in [-0.2, -0.15) is 0 Å². The minimum atomic E-state index is 0.581. The summed E-state index contributed by atoms with van der Waals surface area (Å²) in [6.07, 6.45) is 6.53. The number of hydrogen-bond donors (Lipinski definition) is 1. The SMILES string of the molecule is CCc1csc(NCC2(CC)CCC2)n1. The van der Waals surface area contributed by atoms with E-state index in [-0.39, 0.29) is 0 Å². The molecule has 2 nitrogen and oxygen atoms in total. The summed E-state index contributed by atoms with van der Waals surface area (Å²) in [6, 6.07) is 0. The van der Waals surface area contributed by atoms with Gasteiger partial charge in [0.1, 0.15) is 0 Å². The lowest BCUT2D eigenvalue weighted by molar-refractivity contribution is 0.145. The van der Waals surface area contributed by atoms with Crippen LogP contribution in [0, 0.1) is 5.41 Å². The van der Waals surface area contributed by atoms with Crippen LogP contribution in [0.3, 0.4) is 0 Å². The summed E-state index contributed by atoms with van der Waals surface area (Å²) in [7, 11) is 0. The van der Waals surface area contributed by atoms with Gasteiger partial charge in [0.15, 0.2) is 5.13 Å². The van der Waals surface area contributed by atoms with Crippen LogP contribution in [0.2, 0.25) is 0 Å². The van der Waals surface area contributed by atoms with Crippen LogP contribution in [0.4, 0.5) is 5.13 Å². The van der Waals surface area contributed by atoms with Gasteiger partial charge in [-0.25, -0.2) is 4.98 Å². The predicted octanol–water partition coefficient (Wildman–Crippen LogP) is 3.70. The number of thiazole rings is 1. The monoisotopic (exact) mass is 224 g/mol. The second-order valence-corrected chi connectivity index (χ2v) is 5.42. The Kier molecular flexibility index (Phi) is 3.29. The molecule has 1 aliphatic carbocycles. The minimum Gasteiger partial charge on any atom is -0.361 e. The first-order chi connectivity index (χ1) is 7.28. The maximum atomic E-state index is 4.53. The summed E-state index contributed by atoms with van der Waals surface area (Å²) in [4.78, 5) is 4.53. The molecule has 0 saturated heterocycles. The molecule has 2 rings (SSSR count). The second kappa shape index (κ2) is 4.52. The van der Waals surface area contributed by atoms with Gasteiger partial charge in [-0.15, -0.1) is 11.3 Å². The minimum absolute atomic E-state index is 0.581. The van der Waals surface area contributed by atoms with Crippen LogP contribution in [-0.2, 0) is 6.42 Å². The Labute approximate surface area is 96.1 Å². The van der Waals surface area contributed by atoms with Crippen molar-refractivity contribution in [2.45, 2.75) is 46.0 Å². The van der Waals surface area contributed by atoms with Crippen LogP contribution in [0.1, 0.15) is 45.2 Å². The number of rotatable bonds is 5. The Morgan fingerprint density at radius 1 is 1.47 bits per heavy atom. The number of aryl methyl sites for hydroxylation is 1. The molecule has 1 aromatic rings. The molecule has 1 fully saturated rings. The molecule has 0 radical (unpaired) electrons. The first-order valence-electron chi connectivity index (χ1n) is 5.96. The molecule has 1 saturated carbocycles. The van der Waals surface area contributed by atoms with Crippen molar-refractivity contribution in [3.8, 4) is 0 Å². The zero-order valence-corrected chi connectivity index (χ0v) is 10.5. The Morgan fingerprint density at radius 3 is 2.73 bits per heavy atom. The summed E-state index contributed by atoms with van der Waals surface area (Å²) < 4.78 is 0. The van der Waals surface area contributed by atoms with Crippen LogP contribution in [0.5, 0.6) is 0 Å². The summed E-state index contributed by atoms with van der Waals surface area (Å²) in [5.41, 5.74) is 1.79. The Hall–Kier alpha value is -0.570. The van der Waals surface area contributed by atoms with Gasteiger partial charge in [0, 0.05) is 11.9 Å². The van der Waals surface area contributed by atoms with Crippen molar-refractivity contribution in [3.05, 3.63) is 11.1 Å². The first kappa shape index (κ1) is 10.9. The molecule has 0 atom stereocenters. The highest BCUT2D eigenvalue weighted by atomic mass is 32.1. The second-order valence-electron chi connectivity index (χ2n) is 4.56. The molecule has 0 aromatic carbocycles. The molecular weight excluding hydrogens is 204 g/mol. The van der Waals surface area contributed by atoms with E-state index in [1.165, 1.54) is 31.4 Å². The van der Waals surface area contributed by atoms with Crippen molar-refractivity contribution in [1.29, 1.82) is 0 Å². The maximum absolute atomic E-state index is 4.53. The van der Waals surface area contributed by atoms with Gasteiger partial charge in [0.2, 0.25) is 0 Å². The quantitative estimate of drug-likeness (QED) is 0.825. The molecular formula is C12H20N2S. The zero-order valence-electron chi connectivity index (χ0n) is 9.68. The van der Waals surface area contributed by atoms with E-state index in [1.807, 2.05) is 0 Å². The van der Waals surface area contributed by atoms with Gasteiger partial charge in [0.05, 0.1) is 5.69 Å². The molecule has 1 N–H and O–H groups in total. The average molecular weight is 224 g/mol. The summed E-state index contributed by atoms with van der Waals surface area (Å²) in [5.74, 6) is 0. The largest absolute Gasteiger partial charge is 0.361 e. The van der Waals surface area contributed by atoms with Gasteiger partial charge in [0.25, 0.3) is 0 Å². The van der Waals surface area contributed by atoms with Crippen LogP contribution in [-0.4, -0.2) is 11.5 Å². The van der Waals surface area contributed by atoms with Gasteiger partial charge in [-0.05, 0) is 31.1 Å². The molecule has 0 aliphatic heterocycles. The molecule has 15 heavy (non-hydrogen) atoms. The fourth-order valence-corrected chi connectivity index (χ4v) is 2.94.